The fraction of sp³-hybridized carbons (Fsp3) is 0.385. The average molecular weight is 449 g/mol. The van der Waals surface area contributed by atoms with E-state index in [2.05, 4.69) is 33.5 Å². The Morgan fingerprint density at radius 2 is 1.88 bits per heavy atom. The van der Waals surface area contributed by atoms with E-state index in [9.17, 15) is 9.59 Å². The molecule has 1 aromatic heterocycles. The number of anilines is 1. The Labute approximate surface area is 194 Å². The van der Waals surface area contributed by atoms with Crippen molar-refractivity contribution < 1.29 is 14.3 Å². The molecule has 174 valence electrons. The number of amides is 2. The second-order valence-corrected chi connectivity index (χ2v) is 8.87. The minimum Gasteiger partial charge on any atom is -0.497 e. The first kappa shape index (κ1) is 22.9. The summed E-state index contributed by atoms with van der Waals surface area (Å²) >= 11 is 0. The van der Waals surface area contributed by atoms with Crippen molar-refractivity contribution in [2.75, 3.05) is 45.7 Å². The van der Waals surface area contributed by atoms with Crippen LogP contribution in [0.3, 0.4) is 0 Å². The lowest BCUT2D eigenvalue weighted by atomic mass is 9.89. The molecule has 0 aliphatic carbocycles. The molecule has 1 saturated heterocycles. The molecule has 0 bridgehead atoms. The number of benzene rings is 2. The summed E-state index contributed by atoms with van der Waals surface area (Å²) in [6, 6.07) is 13.7. The van der Waals surface area contributed by atoms with E-state index in [1.165, 1.54) is 15.8 Å². The Morgan fingerprint density at radius 1 is 1.15 bits per heavy atom. The molecule has 33 heavy (non-hydrogen) atoms. The van der Waals surface area contributed by atoms with Gasteiger partial charge in [-0.25, -0.2) is 0 Å². The Morgan fingerprint density at radius 3 is 2.58 bits per heavy atom. The summed E-state index contributed by atoms with van der Waals surface area (Å²) in [6.07, 6.45) is 4.10. The normalized spacial score (nSPS) is 14.9. The number of aromatic nitrogens is 1. The zero-order valence-corrected chi connectivity index (χ0v) is 19.6. The van der Waals surface area contributed by atoms with Gasteiger partial charge in [-0.3, -0.25) is 14.5 Å². The first-order chi connectivity index (χ1) is 15.9. The van der Waals surface area contributed by atoms with Crippen LogP contribution in [0.2, 0.25) is 0 Å². The van der Waals surface area contributed by atoms with Crippen molar-refractivity contribution in [3.05, 3.63) is 59.8 Å². The van der Waals surface area contributed by atoms with Crippen molar-refractivity contribution in [3.8, 4) is 5.75 Å². The van der Waals surface area contributed by atoms with Gasteiger partial charge in [0.2, 0.25) is 11.8 Å². The summed E-state index contributed by atoms with van der Waals surface area (Å²) in [5, 5.41) is 4.06. The highest BCUT2D eigenvalue weighted by Gasteiger charge is 2.25. The summed E-state index contributed by atoms with van der Waals surface area (Å²) in [6.45, 7) is 4.09. The molecule has 2 heterocycles. The van der Waals surface area contributed by atoms with E-state index in [1.54, 1.807) is 14.2 Å². The maximum absolute atomic E-state index is 12.7. The van der Waals surface area contributed by atoms with Crippen LogP contribution in [0.5, 0.6) is 5.75 Å². The Balaban J connectivity index is 1.26. The maximum atomic E-state index is 12.7. The molecular weight excluding hydrogens is 416 g/mol. The Kier molecular flexibility index (Phi) is 6.99. The minimum absolute atomic E-state index is 0.0377. The smallest absolute Gasteiger partial charge is 0.243 e. The van der Waals surface area contributed by atoms with Crippen molar-refractivity contribution in [2.45, 2.75) is 25.7 Å². The number of ether oxygens (including phenoxy) is 1. The highest BCUT2D eigenvalue weighted by Crippen LogP contribution is 2.34. The van der Waals surface area contributed by atoms with Crippen LogP contribution in [0.15, 0.2) is 48.7 Å². The summed E-state index contributed by atoms with van der Waals surface area (Å²) in [4.78, 5) is 32.0. The van der Waals surface area contributed by atoms with Crippen LogP contribution in [-0.2, 0) is 9.59 Å². The first-order valence-electron chi connectivity index (χ1n) is 11.4. The van der Waals surface area contributed by atoms with Gasteiger partial charge in [-0.15, -0.1) is 0 Å². The Bertz CT molecular complexity index is 1110. The van der Waals surface area contributed by atoms with Crippen LogP contribution in [-0.4, -0.2) is 66.9 Å². The molecule has 0 saturated carbocycles. The van der Waals surface area contributed by atoms with Crippen LogP contribution in [0.1, 0.15) is 29.9 Å². The standard InChI is InChI=1S/C26H32N4O3/c1-18-4-6-20(7-5-18)28-25(31)16-29(2)26(32)17-30-12-10-19(11-13-30)23-15-27-24-9-8-21(33-3)14-22(23)24/h4-9,14-15,19,27H,10-13,16-17H2,1-3H3,(H,28,31). The lowest BCUT2D eigenvalue weighted by Gasteiger charge is -2.32. The third-order valence-electron chi connectivity index (χ3n) is 6.45. The van der Waals surface area contributed by atoms with Gasteiger partial charge in [-0.05, 0) is 74.7 Å². The number of likely N-dealkylation sites (N-methyl/N-ethyl adjacent to an activating group) is 1. The largest absolute Gasteiger partial charge is 0.497 e. The van der Waals surface area contributed by atoms with Crippen LogP contribution in [0, 0.1) is 6.92 Å². The highest BCUT2D eigenvalue weighted by molar-refractivity contribution is 5.94. The molecule has 0 atom stereocenters. The van der Waals surface area contributed by atoms with E-state index < -0.39 is 0 Å². The number of methoxy groups -OCH3 is 1. The van der Waals surface area contributed by atoms with Gasteiger partial charge in [0.25, 0.3) is 0 Å². The van der Waals surface area contributed by atoms with Gasteiger partial charge in [-0.2, -0.15) is 0 Å². The number of carbonyl (C=O) groups is 2. The van der Waals surface area contributed by atoms with Gasteiger partial charge in [0.1, 0.15) is 5.75 Å². The zero-order chi connectivity index (χ0) is 23.4. The molecule has 0 unspecified atom stereocenters. The summed E-state index contributed by atoms with van der Waals surface area (Å²) in [5.41, 5.74) is 4.31. The SMILES string of the molecule is COc1ccc2[nH]cc(C3CCN(CC(=O)N(C)CC(=O)Nc4ccc(C)cc4)CC3)c2c1. The fourth-order valence-electron chi connectivity index (χ4n) is 4.44. The van der Waals surface area contributed by atoms with Crippen molar-refractivity contribution in [3.63, 3.8) is 0 Å². The van der Waals surface area contributed by atoms with E-state index in [-0.39, 0.29) is 18.4 Å². The van der Waals surface area contributed by atoms with E-state index in [4.69, 9.17) is 4.74 Å². The number of nitrogens with zero attached hydrogens (tertiary/aromatic N) is 2. The zero-order valence-electron chi connectivity index (χ0n) is 19.6. The summed E-state index contributed by atoms with van der Waals surface area (Å²) in [5.74, 6) is 1.09. The number of H-pyrrole nitrogens is 1. The van der Waals surface area contributed by atoms with E-state index >= 15 is 0 Å². The van der Waals surface area contributed by atoms with Crippen molar-refractivity contribution in [2.24, 2.45) is 0 Å². The van der Waals surface area contributed by atoms with Crippen LogP contribution < -0.4 is 10.1 Å². The van der Waals surface area contributed by atoms with Gasteiger partial charge in [0.05, 0.1) is 20.2 Å². The van der Waals surface area contributed by atoms with Crippen molar-refractivity contribution >= 4 is 28.4 Å². The minimum atomic E-state index is -0.192. The van der Waals surface area contributed by atoms with Crippen LogP contribution in [0.25, 0.3) is 10.9 Å². The molecule has 3 aromatic rings. The Hall–Kier alpha value is -3.32. The third-order valence-corrected chi connectivity index (χ3v) is 6.45. The monoisotopic (exact) mass is 448 g/mol. The molecular formula is C26H32N4O3. The molecule has 0 spiro atoms. The fourth-order valence-corrected chi connectivity index (χ4v) is 4.44. The number of hydrogen-bond donors (Lipinski definition) is 2. The number of rotatable bonds is 7. The summed E-state index contributed by atoms with van der Waals surface area (Å²) in [7, 11) is 3.37. The van der Waals surface area contributed by atoms with Gasteiger partial charge >= 0.3 is 0 Å². The molecule has 2 amide bonds. The molecule has 4 rings (SSSR count). The molecule has 7 heteroatoms. The number of carbonyl (C=O) groups excluding carboxylic acids is 2. The number of aromatic amines is 1. The van der Waals surface area contributed by atoms with Gasteiger partial charge in [0, 0.05) is 29.8 Å². The molecule has 1 aliphatic heterocycles. The predicted molar refractivity (Wildman–Crippen MR) is 131 cm³/mol. The molecule has 1 aliphatic rings. The maximum Gasteiger partial charge on any atom is 0.243 e. The van der Waals surface area contributed by atoms with Crippen molar-refractivity contribution in [1.82, 2.24) is 14.8 Å². The van der Waals surface area contributed by atoms with Gasteiger partial charge in [0.15, 0.2) is 0 Å². The molecule has 2 N–H and O–H groups in total. The second kappa shape index (κ2) is 10.1. The highest BCUT2D eigenvalue weighted by atomic mass is 16.5. The lowest BCUT2D eigenvalue weighted by molar-refractivity contribution is -0.134. The van der Waals surface area contributed by atoms with Crippen LogP contribution >= 0.6 is 0 Å². The number of hydrogen-bond acceptors (Lipinski definition) is 4. The molecule has 1 fully saturated rings. The van der Waals surface area contributed by atoms with Gasteiger partial charge < -0.3 is 19.9 Å². The number of aryl methyl sites for hydroxylation is 1. The molecule has 2 aromatic carbocycles. The van der Waals surface area contributed by atoms with Crippen LogP contribution in [0.4, 0.5) is 5.69 Å². The molecule has 0 radical (unpaired) electrons. The predicted octanol–water partition coefficient (Wildman–Crippen LogP) is 3.76. The first-order valence-corrected chi connectivity index (χ1v) is 11.4. The number of likely N-dealkylation sites (tertiary alicyclic amines) is 1. The lowest BCUT2D eigenvalue weighted by Crippen LogP contribution is -2.44. The number of nitrogens with one attached hydrogen (secondary N) is 2. The van der Waals surface area contributed by atoms with E-state index in [0.29, 0.717) is 12.5 Å². The van der Waals surface area contributed by atoms with E-state index in [1.807, 2.05) is 37.3 Å². The van der Waals surface area contributed by atoms with E-state index in [0.717, 1.165) is 48.4 Å². The topological polar surface area (TPSA) is 77.7 Å². The number of fused-ring (bicyclic) bond motifs is 1. The van der Waals surface area contributed by atoms with Gasteiger partial charge in [-0.1, -0.05) is 17.7 Å². The van der Waals surface area contributed by atoms with Crippen molar-refractivity contribution in [1.29, 1.82) is 0 Å². The second-order valence-electron chi connectivity index (χ2n) is 8.87. The summed E-state index contributed by atoms with van der Waals surface area (Å²) < 4.78 is 5.39. The molecule has 7 nitrogen and oxygen atoms in total. The average Bonchev–Trinajstić information content (AvgIpc) is 3.24. The third kappa shape index (κ3) is 5.54. The number of piperidine rings is 1. The quantitative estimate of drug-likeness (QED) is 0.577.